The second-order valence-electron chi connectivity index (χ2n) is 6.84. The highest BCUT2D eigenvalue weighted by Crippen LogP contribution is 2.36. The van der Waals surface area contributed by atoms with Crippen molar-refractivity contribution in [2.45, 2.75) is 46.0 Å². The first-order chi connectivity index (χ1) is 12.7. The van der Waals surface area contributed by atoms with Crippen molar-refractivity contribution in [3.05, 3.63) is 35.4 Å². The summed E-state index contributed by atoms with van der Waals surface area (Å²) in [6.45, 7) is 8.03. The van der Waals surface area contributed by atoms with Gasteiger partial charge in [-0.05, 0) is 57.3 Å². The number of carbonyl (C=O) groups excluding carboxylic acids is 2. The standard InChI is InChI=1S/C21H28N2O3/c1-3-22(4-2)13-8-14-26-17-10-7-9-16(15-17)23-20(24)18-11-5-6-12-19(18)21(23)25/h7,9-10,15H,3-6,8,11-14H2,1-2H3. The van der Waals surface area contributed by atoms with Crippen molar-refractivity contribution in [2.24, 2.45) is 0 Å². The normalized spacial score (nSPS) is 17.3. The Morgan fingerprint density at radius 1 is 1.04 bits per heavy atom. The fourth-order valence-corrected chi connectivity index (χ4v) is 3.70. The van der Waals surface area contributed by atoms with Gasteiger partial charge in [0, 0.05) is 23.8 Å². The third-order valence-electron chi connectivity index (χ3n) is 5.25. The molecule has 2 amide bonds. The van der Waals surface area contributed by atoms with Gasteiger partial charge in [0.25, 0.3) is 11.8 Å². The van der Waals surface area contributed by atoms with Crippen molar-refractivity contribution in [3.63, 3.8) is 0 Å². The molecule has 0 spiro atoms. The summed E-state index contributed by atoms with van der Waals surface area (Å²) in [5.74, 6) is 0.402. The molecule has 1 aliphatic carbocycles. The van der Waals surface area contributed by atoms with Gasteiger partial charge in [-0.1, -0.05) is 19.9 Å². The van der Waals surface area contributed by atoms with Gasteiger partial charge < -0.3 is 9.64 Å². The van der Waals surface area contributed by atoms with E-state index in [-0.39, 0.29) is 11.8 Å². The second-order valence-corrected chi connectivity index (χ2v) is 6.84. The van der Waals surface area contributed by atoms with Crippen molar-refractivity contribution >= 4 is 17.5 Å². The van der Waals surface area contributed by atoms with Crippen molar-refractivity contribution in [1.82, 2.24) is 4.90 Å². The van der Waals surface area contributed by atoms with Crippen LogP contribution in [0.25, 0.3) is 0 Å². The summed E-state index contributed by atoms with van der Waals surface area (Å²) in [5.41, 5.74) is 2.04. The van der Waals surface area contributed by atoms with E-state index in [2.05, 4.69) is 18.7 Å². The molecule has 0 N–H and O–H groups in total. The minimum atomic E-state index is -0.150. The number of imide groups is 1. The molecule has 1 aromatic rings. The number of anilines is 1. The quantitative estimate of drug-likeness (QED) is 0.528. The van der Waals surface area contributed by atoms with E-state index >= 15 is 0 Å². The summed E-state index contributed by atoms with van der Waals surface area (Å²) in [5, 5.41) is 0. The monoisotopic (exact) mass is 356 g/mol. The minimum absolute atomic E-state index is 0.150. The molecule has 2 aliphatic rings. The summed E-state index contributed by atoms with van der Waals surface area (Å²) in [7, 11) is 0. The summed E-state index contributed by atoms with van der Waals surface area (Å²) >= 11 is 0. The molecule has 1 aliphatic heterocycles. The summed E-state index contributed by atoms with van der Waals surface area (Å²) in [4.78, 5) is 29.0. The van der Waals surface area contributed by atoms with Gasteiger partial charge >= 0.3 is 0 Å². The van der Waals surface area contributed by atoms with Crippen LogP contribution in [-0.4, -0.2) is 43.0 Å². The molecular weight excluding hydrogens is 328 g/mol. The van der Waals surface area contributed by atoms with E-state index in [4.69, 9.17) is 4.74 Å². The van der Waals surface area contributed by atoms with Gasteiger partial charge in [0.1, 0.15) is 5.75 Å². The summed E-state index contributed by atoms with van der Waals surface area (Å²) < 4.78 is 5.85. The molecule has 0 atom stereocenters. The zero-order valence-electron chi connectivity index (χ0n) is 15.8. The van der Waals surface area contributed by atoms with Gasteiger partial charge in [0.2, 0.25) is 0 Å². The fourth-order valence-electron chi connectivity index (χ4n) is 3.70. The number of hydrogen-bond donors (Lipinski definition) is 0. The summed E-state index contributed by atoms with van der Waals surface area (Å²) in [6.07, 6.45) is 4.36. The predicted octanol–water partition coefficient (Wildman–Crippen LogP) is 3.54. The van der Waals surface area contributed by atoms with E-state index in [1.807, 2.05) is 12.1 Å². The molecule has 1 aromatic carbocycles. The first-order valence-electron chi connectivity index (χ1n) is 9.71. The van der Waals surface area contributed by atoms with Crippen molar-refractivity contribution in [3.8, 4) is 5.75 Å². The average Bonchev–Trinajstić information content (AvgIpc) is 2.93. The molecule has 0 aromatic heterocycles. The number of hydrogen-bond acceptors (Lipinski definition) is 4. The van der Waals surface area contributed by atoms with Crippen LogP contribution in [0.5, 0.6) is 5.75 Å². The lowest BCUT2D eigenvalue weighted by atomic mass is 9.93. The van der Waals surface area contributed by atoms with Gasteiger partial charge in [-0.25, -0.2) is 4.90 Å². The van der Waals surface area contributed by atoms with E-state index < -0.39 is 0 Å². The highest BCUT2D eigenvalue weighted by Gasteiger charge is 2.39. The number of amides is 2. The average molecular weight is 356 g/mol. The molecule has 26 heavy (non-hydrogen) atoms. The molecule has 0 radical (unpaired) electrons. The van der Waals surface area contributed by atoms with Crippen LogP contribution >= 0.6 is 0 Å². The van der Waals surface area contributed by atoms with Crippen LogP contribution in [0.1, 0.15) is 46.0 Å². The highest BCUT2D eigenvalue weighted by atomic mass is 16.5. The number of carbonyl (C=O) groups is 2. The van der Waals surface area contributed by atoms with Gasteiger partial charge in [-0.2, -0.15) is 0 Å². The van der Waals surface area contributed by atoms with Crippen molar-refractivity contribution < 1.29 is 14.3 Å². The van der Waals surface area contributed by atoms with E-state index in [1.165, 1.54) is 4.90 Å². The Hall–Kier alpha value is -2.14. The van der Waals surface area contributed by atoms with Crippen LogP contribution in [0.2, 0.25) is 0 Å². The van der Waals surface area contributed by atoms with Crippen LogP contribution in [0.3, 0.4) is 0 Å². The topological polar surface area (TPSA) is 49.9 Å². The van der Waals surface area contributed by atoms with Crippen LogP contribution < -0.4 is 9.64 Å². The fraction of sp³-hybridized carbons (Fsp3) is 0.524. The van der Waals surface area contributed by atoms with Crippen molar-refractivity contribution in [2.75, 3.05) is 31.1 Å². The third kappa shape index (κ3) is 3.83. The summed E-state index contributed by atoms with van der Waals surface area (Å²) in [6, 6.07) is 7.31. The Balaban J connectivity index is 1.63. The molecule has 1 heterocycles. The molecular formula is C21H28N2O3. The SMILES string of the molecule is CCN(CC)CCCOc1cccc(N2C(=O)C3=C(CCCC3)C2=O)c1. The molecule has 5 heteroatoms. The molecule has 5 nitrogen and oxygen atoms in total. The van der Waals surface area contributed by atoms with Gasteiger partial charge in [0.05, 0.1) is 12.3 Å². The third-order valence-corrected chi connectivity index (χ3v) is 5.25. The molecule has 3 rings (SSSR count). The lowest BCUT2D eigenvalue weighted by molar-refractivity contribution is -0.120. The predicted molar refractivity (Wildman–Crippen MR) is 102 cm³/mol. The molecule has 0 bridgehead atoms. The largest absolute Gasteiger partial charge is 0.493 e. The first kappa shape index (κ1) is 18.6. The van der Waals surface area contributed by atoms with E-state index in [0.29, 0.717) is 29.2 Å². The zero-order chi connectivity index (χ0) is 18.5. The number of rotatable bonds is 8. The first-order valence-corrected chi connectivity index (χ1v) is 9.71. The maximum Gasteiger partial charge on any atom is 0.261 e. The highest BCUT2D eigenvalue weighted by molar-refractivity contribution is 6.33. The Bertz CT molecular complexity index is 679. The zero-order valence-corrected chi connectivity index (χ0v) is 15.8. The van der Waals surface area contributed by atoms with Gasteiger partial charge in [0.15, 0.2) is 0 Å². The molecule has 140 valence electrons. The Labute approximate surface area is 155 Å². The number of ether oxygens (including phenoxy) is 1. The second kappa shape index (κ2) is 8.49. The smallest absolute Gasteiger partial charge is 0.261 e. The molecule has 0 unspecified atom stereocenters. The minimum Gasteiger partial charge on any atom is -0.493 e. The van der Waals surface area contributed by atoms with E-state index in [1.54, 1.807) is 12.1 Å². The molecule has 0 saturated carbocycles. The van der Waals surface area contributed by atoms with Gasteiger partial charge in [-0.3, -0.25) is 9.59 Å². The Kier molecular flexibility index (Phi) is 6.09. The van der Waals surface area contributed by atoms with Crippen molar-refractivity contribution in [1.29, 1.82) is 0 Å². The lowest BCUT2D eigenvalue weighted by Gasteiger charge is -2.18. The molecule has 0 fully saturated rings. The van der Waals surface area contributed by atoms with Crippen LogP contribution in [0.15, 0.2) is 35.4 Å². The van der Waals surface area contributed by atoms with E-state index in [0.717, 1.165) is 51.7 Å². The molecule has 0 saturated heterocycles. The van der Waals surface area contributed by atoms with E-state index in [9.17, 15) is 9.59 Å². The number of benzene rings is 1. The maximum atomic E-state index is 12.7. The van der Waals surface area contributed by atoms with Gasteiger partial charge in [-0.15, -0.1) is 0 Å². The maximum absolute atomic E-state index is 12.7. The Morgan fingerprint density at radius 3 is 2.31 bits per heavy atom. The van der Waals surface area contributed by atoms with Crippen LogP contribution in [0, 0.1) is 0 Å². The van der Waals surface area contributed by atoms with Crippen LogP contribution in [-0.2, 0) is 9.59 Å². The number of nitrogens with zero attached hydrogens (tertiary/aromatic N) is 2. The van der Waals surface area contributed by atoms with Crippen LogP contribution in [0.4, 0.5) is 5.69 Å². The Morgan fingerprint density at radius 2 is 1.69 bits per heavy atom. The lowest BCUT2D eigenvalue weighted by Crippen LogP contribution is -2.31.